The summed E-state index contributed by atoms with van der Waals surface area (Å²) in [5.41, 5.74) is 12.8. The number of nitrogens with two attached hydrogens (primary N) is 1. The van der Waals surface area contributed by atoms with Crippen molar-refractivity contribution in [1.82, 2.24) is 10.2 Å². The molecule has 3 atom stereocenters. The maximum Gasteiger partial charge on any atom is 0.224 e. The standard InChI is InChI=1S/C48H53ClN4O6/c49-40-21-19-39(20-22-40)48(57)23-25-53(26-24-48)31-41-29-44(35-17-15-33(32-54)16-18-35)59-47(58-41)38-10-6-9-37(28-38)36-8-5-7-34(27-36)30-51-45(55)13-3-4-14-46(56)52-43-12-2-1-11-42(43)50/h1-2,5-12,15-22,27-28,41,44,47,54,57H,3-4,13-14,23-26,29-32,50H2,(H,51,55)(H,52,56)/t41-,44+,47+/m1/s1. The van der Waals surface area contributed by atoms with Gasteiger partial charge in [-0.2, -0.15) is 0 Å². The zero-order valence-electron chi connectivity index (χ0n) is 33.2. The monoisotopic (exact) mass is 816 g/mol. The van der Waals surface area contributed by atoms with Crippen LogP contribution in [-0.4, -0.2) is 52.7 Å². The van der Waals surface area contributed by atoms with Crippen molar-refractivity contribution >= 4 is 34.8 Å². The molecule has 2 amide bonds. The molecule has 2 fully saturated rings. The molecule has 0 aliphatic carbocycles. The van der Waals surface area contributed by atoms with E-state index in [2.05, 4.69) is 39.8 Å². The predicted molar refractivity (Wildman–Crippen MR) is 231 cm³/mol. The van der Waals surface area contributed by atoms with E-state index < -0.39 is 11.9 Å². The maximum atomic E-state index is 12.7. The van der Waals surface area contributed by atoms with E-state index in [4.69, 9.17) is 26.8 Å². The lowest BCUT2D eigenvalue weighted by Gasteiger charge is -2.42. The molecule has 11 heteroatoms. The third-order valence-electron chi connectivity index (χ3n) is 11.3. The van der Waals surface area contributed by atoms with Crippen molar-refractivity contribution in [3.05, 3.63) is 154 Å². The second-order valence-corrected chi connectivity index (χ2v) is 16.1. The Morgan fingerprint density at radius 1 is 0.780 bits per heavy atom. The highest BCUT2D eigenvalue weighted by molar-refractivity contribution is 6.30. The Balaban J connectivity index is 0.960. The van der Waals surface area contributed by atoms with Gasteiger partial charge >= 0.3 is 0 Å². The zero-order chi connectivity index (χ0) is 41.2. The summed E-state index contributed by atoms with van der Waals surface area (Å²) in [6.07, 6.45) is 2.78. The largest absolute Gasteiger partial charge is 0.397 e. The molecule has 0 spiro atoms. The molecule has 0 unspecified atom stereocenters. The van der Waals surface area contributed by atoms with E-state index in [1.165, 1.54) is 0 Å². The van der Waals surface area contributed by atoms with Gasteiger partial charge in [-0.25, -0.2) is 0 Å². The Morgan fingerprint density at radius 3 is 2.20 bits per heavy atom. The van der Waals surface area contributed by atoms with Crippen molar-refractivity contribution in [2.75, 3.05) is 30.7 Å². The molecular weight excluding hydrogens is 764 g/mol. The molecular formula is C48H53ClN4O6. The number of halogens is 1. The predicted octanol–water partition coefficient (Wildman–Crippen LogP) is 8.43. The fourth-order valence-corrected chi connectivity index (χ4v) is 8.01. The Kier molecular flexibility index (Phi) is 14.1. The van der Waals surface area contributed by atoms with Gasteiger partial charge in [-0.3, -0.25) is 9.59 Å². The minimum atomic E-state index is -0.888. The van der Waals surface area contributed by atoms with Crippen molar-refractivity contribution in [3.63, 3.8) is 0 Å². The third-order valence-corrected chi connectivity index (χ3v) is 11.6. The van der Waals surface area contributed by atoms with Gasteiger partial charge in [0.15, 0.2) is 6.29 Å². The number of anilines is 2. The highest BCUT2D eigenvalue weighted by Gasteiger charge is 2.37. The Morgan fingerprint density at radius 2 is 1.47 bits per heavy atom. The number of ether oxygens (including phenoxy) is 2. The number of amides is 2. The lowest BCUT2D eigenvalue weighted by molar-refractivity contribution is -0.253. The number of unbranched alkanes of at least 4 members (excludes halogenated alkanes) is 1. The van der Waals surface area contributed by atoms with Gasteiger partial charge < -0.3 is 41.0 Å². The summed E-state index contributed by atoms with van der Waals surface area (Å²) in [5.74, 6) is -0.185. The molecule has 2 aliphatic rings. The molecule has 308 valence electrons. The van der Waals surface area contributed by atoms with Crippen LogP contribution in [0.5, 0.6) is 0 Å². The second kappa shape index (κ2) is 19.8. The van der Waals surface area contributed by atoms with Gasteiger partial charge in [-0.15, -0.1) is 0 Å². The lowest BCUT2D eigenvalue weighted by atomic mass is 9.84. The summed E-state index contributed by atoms with van der Waals surface area (Å²) < 4.78 is 13.4. The molecule has 10 nitrogen and oxygen atoms in total. The number of nitrogens with one attached hydrogen (secondary N) is 2. The van der Waals surface area contributed by atoms with Gasteiger partial charge in [0.05, 0.1) is 35.8 Å². The minimum absolute atomic E-state index is 0.0220. The number of aliphatic hydroxyl groups excluding tert-OH is 1. The molecule has 0 aromatic heterocycles. The molecule has 0 radical (unpaired) electrons. The average molecular weight is 817 g/mol. The first kappa shape index (κ1) is 42.1. The molecule has 5 aromatic carbocycles. The SMILES string of the molecule is Nc1ccccc1NC(=O)CCCCC(=O)NCc1cccc(-c2cccc([C@H]3O[C@@H](CN4CCC(O)(c5ccc(Cl)cc5)CC4)C[C@@H](c4ccc(CO)cc4)O3)c2)c1. The summed E-state index contributed by atoms with van der Waals surface area (Å²) in [6, 6.07) is 38.9. The summed E-state index contributed by atoms with van der Waals surface area (Å²) >= 11 is 6.11. The van der Waals surface area contributed by atoms with Crippen LogP contribution in [0.3, 0.4) is 0 Å². The first-order valence-electron chi connectivity index (χ1n) is 20.5. The van der Waals surface area contributed by atoms with Crippen LogP contribution in [0.1, 0.15) is 85.2 Å². The molecule has 2 heterocycles. The number of nitrogen functional groups attached to an aromatic ring is 1. The summed E-state index contributed by atoms with van der Waals surface area (Å²) in [4.78, 5) is 27.4. The number of para-hydroxylation sites is 2. The molecule has 6 N–H and O–H groups in total. The van der Waals surface area contributed by atoms with Crippen LogP contribution in [0, 0.1) is 0 Å². The third kappa shape index (κ3) is 11.4. The maximum absolute atomic E-state index is 12.7. The van der Waals surface area contributed by atoms with Gasteiger partial charge in [0.2, 0.25) is 11.8 Å². The first-order chi connectivity index (χ1) is 28.6. The number of rotatable bonds is 15. The molecule has 5 aromatic rings. The number of aliphatic hydroxyl groups is 2. The van der Waals surface area contributed by atoms with Crippen molar-refractivity contribution in [1.29, 1.82) is 0 Å². The number of hydrogen-bond acceptors (Lipinski definition) is 8. The Bertz CT molecular complexity index is 2170. The van der Waals surface area contributed by atoms with Gasteiger partial charge in [0.25, 0.3) is 0 Å². The van der Waals surface area contributed by atoms with Gasteiger partial charge in [0, 0.05) is 56.0 Å². The number of carbonyl (C=O) groups is 2. The average Bonchev–Trinajstić information content (AvgIpc) is 3.26. The van der Waals surface area contributed by atoms with E-state index in [0.717, 1.165) is 52.0 Å². The smallest absolute Gasteiger partial charge is 0.224 e. The molecule has 2 aliphatic heterocycles. The zero-order valence-corrected chi connectivity index (χ0v) is 34.0. The van der Waals surface area contributed by atoms with Crippen LogP contribution in [0.4, 0.5) is 11.4 Å². The number of nitrogens with zero attached hydrogens (tertiary/aromatic N) is 1. The number of piperidine rings is 1. The number of likely N-dealkylation sites (tertiary alicyclic amines) is 1. The van der Waals surface area contributed by atoms with Crippen LogP contribution in [-0.2, 0) is 37.8 Å². The van der Waals surface area contributed by atoms with E-state index in [-0.39, 0.29) is 30.6 Å². The molecule has 7 rings (SSSR count). The number of hydrogen-bond donors (Lipinski definition) is 5. The van der Waals surface area contributed by atoms with Crippen LogP contribution in [0.2, 0.25) is 5.02 Å². The van der Waals surface area contributed by atoms with E-state index in [0.29, 0.717) is 74.4 Å². The van der Waals surface area contributed by atoms with Crippen LogP contribution < -0.4 is 16.4 Å². The van der Waals surface area contributed by atoms with Gasteiger partial charge in [0.1, 0.15) is 0 Å². The van der Waals surface area contributed by atoms with Gasteiger partial charge in [-0.1, -0.05) is 96.5 Å². The number of carbonyl (C=O) groups excluding carboxylic acids is 2. The van der Waals surface area contributed by atoms with Gasteiger partial charge in [-0.05, 0) is 95.5 Å². The fraction of sp³-hybridized carbons (Fsp3) is 0.333. The molecule has 2 saturated heterocycles. The highest BCUT2D eigenvalue weighted by atomic mass is 35.5. The topological polar surface area (TPSA) is 146 Å². The van der Waals surface area contributed by atoms with Crippen molar-refractivity contribution < 1.29 is 29.3 Å². The summed E-state index contributed by atoms with van der Waals surface area (Å²) in [6.45, 7) is 2.54. The van der Waals surface area contributed by atoms with E-state index in [1.807, 2.05) is 84.9 Å². The van der Waals surface area contributed by atoms with E-state index >= 15 is 0 Å². The lowest BCUT2D eigenvalue weighted by Crippen LogP contribution is -2.46. The van der Waals surface area contributed by atoms with E-state index in [1.54, 1.807) is 12.1 Å². The second-order valence-electron chi connectivity index (χ2n) is 15.6. The first-order valence-corrected chi connectivity index (χ1v) is 20.8. The van der Waals surface area contributed by atoms with Crippen molar-refractivity contribution in [2.45, 2.75) is 82.2 Å². The Hall–Kier alpha value is -5.07. The molecule has 0 bridgehead atoms. The van der Waals surface area contributed by atoms with Crippen LogP contribution >= 0.6 is 11.6 Å². The van der Waals surface area contributed by atoms with Crippen LogP contribution in [0.15, 0.2) is 121 Å². The Labute approximate surface area is 351 Å². The summed E-state index contributed by atoms with van der Waals surface area (Å²) in [5, 5.41) is 27.7. The quantitative estimate of drug-likeness (QED) is 0.0523. The number of benzene rings is 5. The normalized spacial score (nSPS) is 19.2. The van der Waals surface area contributed by atoms with Crippen molar-refractivity contribution in [3.8, 4) is 11.1 Å². The van der Waals surface area contributed by atoms with E-state index in [9.17, 15) is 19.8 Å². The molecule has 0 saturated carbocycles. The highest BCUT2D eigenvalue weighted by Crippen LogP contribution is 2.40. The fourth-order valence-electron chi connectivity index (χ4n) is 7.88. The molecule has 59 heavy (non-hydrogen) atoms. The van der Waals surface area contributed by atoms with Crippen molar-refractivity contribution in [2.24, 2.45) is 0 Å². The minimum Gasteiger partial charge on any atom is -0.397 e. The summed E-state index contributed by atoms with van der Waals surface area (Å²) in [7, 11) is 0. The van der Waals surface area contributed by atoms with Crippen LogP contribution in [0.25, 0.3) is 11.1 Å².